The molecule has 18 heavy (non-hydrogen) atoms. The molecule has 0 aliphatic carbocycles. The highest BCUT2D eigenvalue weighted by Gasteiger charge is 2.35. The minimum Gasteiger partial charge on any atom is -0.388 e. The Labute approximate surface area is 105 Å². The number of nitrogens with one attached hydrogen (secondary N) is 1. The van der Waals surface area contributed by atoms with Gasteiger partial charge in [0, 0.05) is 12.0 Å². The minimum absolute atomic E-state index is 0.185. The van der Waals surface area contributed by atoms with Gasteiger partial charge in [-0.3, -0.25) is 4.79 Å². The predicted molar refractivity (Wildman–Crippen MR) is 64.9 cm³/mol. The molecule has 4 atom stereocenters. The fourth-order valence-corrected chi connectivity index (χ4v) is 2.05. The first-order chi connectivity index (χ1) is 8.58. The van der Waals surface area contributed by atoms with Crippen molar-refractivity contribution < 1.29 is 19.7 Å². The van der Waals surface area contributed by atoms with Crippen LogP contribution < -0.4 is 5.32 Å². The average molecular weight is 251 g/mol. The summed E-state index contributed by atoms with van der Waals surface area (Å²) in [7, 11) is 0. The largest absolute Gasteiger partial charge is 0.388 e. The van der Waals surface area contributed by atoms with Gasteiger partial charge in [-0.05, 0) is 19.1 Å². The van der Waals surface area contributed by atoms with Crippen molar-refractivity contribution in [1.29, 1.82) is 0 Å². The zero-order valence-corrected chi connectivity index (χ0v) is 10.1. The molecule has 98 valence electrons. The van der Waals surface area contributed by atoms with E-state index in [9.17, 15) is 15.0 Å². The standard InChI is InChI=1S/C13H17NO4/c1-8-12(16)10(7-11(15)18-8)14-13(17)9-5-3-2-4-6-9/h2-6,8,10-12,15-16H,7H2,1H3,(H,14,17)/t8-,10+,11?,12-/m0/s1. The van der Waals surface area contributed by atoms with Crippen LogP contribution in [0, 0.1) is 0 Å². The maximum Gasteiger partial charge on any atom is 0.251 e. The summed E-state index contributed by atoms with van der Waals surface area (Å²) in [5.74, 6) is -0.263. The third-order valence-electron chi connectivity index (χ3n) is 3.07. The summed E-state index contributed by atoms with van der Waals surface area (Å²) in [5, 5.41) is 22.1. The second-order valence-electron chi connectivity index (χ2n) is 4.47. The van der Waals surface area contributed by atoms with Gasteiger partial charge in [-0.15, -0.1) is 0 Å². The van der Waals surface area contributed by atoms with Crippen LogP contribution in [0.25, 0.3) is 0 Å². The molecule has 1 aliphatic heterocycles. The van der Waals surface area contributed by atoms with Gasteiger partial charge >= 0.3 is 0 Å². The number of ether oxygens (including phenoxy) is 1. The van der Waals surface area contributed by atoms with Crippen molar-refractivity contribution in [3.63, 3.8) is 0 Å². The Bertz CT molecular complexity index is 409. The first kappa shape index (κ1) is 13.0. The molecular weight excluding hydrogens is 234 g/mol. The number of carbonyl (C=O) groups excluding carboxylic acids is 1. The van der Waals surface area contributed by atoms with Gasteiger partial charge in [-0.1, -0.05) is 18.2 Å². The van der Waals surface area contributed by atoms with Crippen LogP contribution in [0.4, 0.5) is 0 Å². The van der Waals surface area contributed by atoms with E-state index in [0.717, 1.165) is 0 Å². The first-order valence-corrected chi connectivity index (χ1v) is 5.95. The van der Waals surface area contributed by atoms with Crippen LogP contribution in [0.15, 0.2) is 30.3 Å². The summed E-state index contributed by atoms with van der Waals surface area (Å²) in [4.78, 5) is 11.9. The van der Waals surface area contributed by atoms with Gasteiger partial charge in [0.15, 0.2) is 6.29 Å². The molecule has 0 radical (unpaired) electrons. The number of hydrogen-bond acceptors (Lipinski definition) is 4. The van der Waals surface area contributed by atoms with E-state index in [-0.39, 0.29) is 12.3 Å². The van der Waals surface area contributed by atoms with Crippen LogP contribution in [0.5, 0.6) is 0 Å². The molecule has 1 fully saturated rings. The van der Waals surface area contributed by atoms with Gasteiger partial charge in [0.05, 0.1) is 12.1 Å². The molecule has 3 N–H and O–H groups in total. The summed E-state index contributed by atoms with van der Waals surface area (Å²) >= 11 is 0. The van der Waals surface area contributed by atoms with Crippen molar-refractivity contribution in [2.75, 3.05) is 0 Å². The van der Waals surface area contributed by atoms with E-state index in [1.54, 1.807) is 31.2 Å². The van der Waals surface area contributed by atoms with Gasteiger partial charge in [-0.25, -0.2) is 0 Å². The molecule has 2 rings (SSSR count). The third-order valence-corrected chi connectivity index (χ3v) is 3.07. The van der Waals surface area contributed by atoms with Crippen molar-refractivity contribution in [3.8, 4) is 0 Å². The predicted octanol–water partition coefficient (Wildman–Crippen LogP) is 0.273. The Morgan fingerprint density at radius 3 is 2.67 bits per heavy atom. The van der Waals surface area contributed by atoms with Crippen LogP contribution in [0.2, 0.25) is 0 Å². The fourth-order valence-electron chi connectivity index (χ4n) is 2.05. The normalized spacial score (nSPS) is 31.9. The lowest BCUT2D eigenvalue weighted by Gasteiger charge is -2.36. The Hall–Kier alpha value is -1.43. The molecular formula is C13H17NO4. The number of benzene rings is 1. The monoisotopic (exact) mass is 251 g/mol. The molecule has 0 aromatic heterocycles. The summed E-state index contributed by atoms with van der Waals surface area (Å²) < 4.78 is 5.07. The molecule has 0 spiro atoms. The van der Waals surface area contributed by atoms with Gasteiger partial charge < -0.3 is 20.3 Å². The molecule has 1 heterocycles. The molecule has 5 heteroatoms. The number of rotatable bonds is 2. The van der Waals surface area contributed by atoms with Crippen LogP contribution in [-0.4, -0.2) is 40.7 Å². The Morgan fingerprint density at radius 2 is 2.00 bits per heavy atom. The van der Waals surface area contributed by atoms with E-state index in [4.69, 9.17) is 4.74 Å². The average Bonchev–Trinajstić information content (AvgIpc) is 2.36. The highest BCUT2D eigenvalue weighted by atomic mass is 16.6. The molecule has 5 nitrogen and oxygen atoms in total. The van der Waals surface area contributed by atoms with Gasteiger partial charge in [0.1, 0.15) is 6.10 Å². The minimum atomic E-state index is -0.954. The molecule has 1 aromatic rings. The van der Waals surface area contributed by atoms with Crippen LogP contribution in [-0.2, 0) is 4.74 Å². The molecule has 1 saturated heterocycles. The van der Waals surface area contributed by atoms with Crippen LogP contribution in [0.1, 0.15) is 23.7 Å². The lowest BCUT2D eigenvalue weighted by Crippen LogP contribution is -2.54. The van der Waals surface area contributed by atoms with Gasteiger partial charge in [0.2, 0.25) is 0 Å². The summed E-state index contributed by atoms with van der Waals surface area (Å²) in [5.41, 5.74) is 0.526. The second kappa shape index (κ2) is 5.48. The highest BCUT2D eigenvalue weighted by molar-refractivity contribution is 5.94. The van der Waals surface area contributed by atoms with Crippen LogP contribution >= 0.6 is 0 Å². The van der Waals surface area contributed by atoms with Crippen LogP contribution in [0.3, 0.4) is 0 Å². The second-order valence-corrected chi connectivity index (χ2v) is 4.47. The number of carbonyl (C=O) groups is 1. The summed E-state index contributed by atoms with van der Waals surface area (Å²) in [6.07, 6.45) is -2.09. The maximum atomic E-state index is 11.9. The molecule has 1 aromatic carbocycles. The maximum absolute atomic E-state index is 11.9. The SMILES string of the molecule is C[C@@H]1OC(O)C[C@@H](NC(=O)c2ccccc2)[C@H]1O. The molecule has 0 bridgehead atoms. The Morgan fingerprint density at radius 1 is 1.33 bits per heavy atom. The van der Waals surface area contributed by atoms with E-state index in [1.807, 2.05) is 6.07 Å². The third kappa shape index (κ3) is 2.87. The van der Waals surface area contributed by atoms with E-state index >= 15 is 0 Å². The topological polar surface area (TPSA) is 78.8 Å². The number of hydrogen-bond donors (Lipinski definition) is 3. The number of amides is 1. The summed E-state index contributed by atoms with van der Waals surface area (Å²) in [6.45, 7) is 1.66. The fraction of sp³-hybridized carbons (Fsp3) is 0.462. The quantitative estimate of drug-likeness (QED) is 0.705. The van der Waals surface area contributed by atoms with Gasteiger partial charge in [-0.2, -0.15) is 0 Å². The Balaban J connectivity index is 2.02. The molecule has 1 aliphatic rings. The number of aliphatic hydroxyl groups is 2. The van der Waals surface area contributed by atoms with E-state index in [2.05, 4.69) is 5.32 Å². The molecule has 0 saturated carbocycles. The first-order valence-electron chi connectivity index (χ1n) is 5.95. The molecule has 1 unspecified atom stereocenters. The van der Waals surface area contributed by atoms with Crippen molar-refractivity contribution >= 4 is 5.91 Å². The lowest BCUT2D eigenvalue weighted by atomic mass is 9.99. The lowest BCUT2D eigenvalue weighted by molar-refractivity contribution is -0.201. The van der Waals surface area contributed by atoms with Crippen molar-refractivity contribution in [2.45, 2.75) is 37.9 Å². The smallest absolute Gasteiger partial charge is 0.251 e. The van der Waals surface area contributed by atoms with Crippen molar-refractivity contribution in [1.82, 2.24) is 5.32 Å². The molecule has 1 amide bonds. The van der Waals surface area contributed by atoms with Gasteiger partial charge in [0.25, 0.3) is 5.91 Å². The number of aliphatic hydroxyl groups excluding tert-OH is 2. The Kier molecular flexibility index (Phi) is 3.96. The van der Waals surface area contributed by atoms with E-state index < -0.39 is 24.5 Å². The zero-order chi connectivity index (χ0) is 13.1. The van der Waals surface area contributed by atoms with E-state index in [0.29, 0.717) is 5.56 Å². The van der Waals surface area contributed by atoms with Crippen molar-refractivity contribution in [2.24, 2.45) is 0 Å². The highest BCUT2D eigenvalue weighted by Crippen LogP contribution is 2.19. The zero-order valence-electron chi connectivity index (χ0n) is 10.1. The van der Waals surface area contributed by atoms with E-state index in [1.165, 1.54) is 0 Å². The van der Waals surface area contributed by atoms with Crippen molar-refractivity contribution in [3.05, 3.63) is 35.9 Å². The summed E-state index contributed by atoms with van der Waals surface area (Å²) in [6, 6.07) is 8.25.